The van der Waals surface area contributed by atoms with E-state index in [9.17, 15) is 4.79 Å². The van der Waals surface area contributed by atoms with Gasteiger partial charge < -0.3 is 20.1 Å². The van der Waals surface area contributed by atoms with Crippen molar-refractivity contribution in [3.63, 3.8) is 0 Å². The molecule has 0 amide bonds. The van der Waals surface area contributed by atoms with Crippen molar-refractivity contribution in [3.8, 4) is 11.5 Å². The van der Waals surface area contributed by atoms with Crippen LogP contribution in [0.1, 0.15) is 97.8 Å². The smallest absolute Gasteiger partial charge is 0.340 e. The maximum absolute atomic E-state index is 13.2. The Morgan fingerprint density at radius 1 is 0.737 bits per heavy atom. The van der Waals surface area contributed by atoms with Gasteiger partial charge in [-0.3, -0.25) is 0 Å². The topological polar surface area (TPSA) is 59.6 Å². The molecule has 3 aromatic rings. The van der Waals surface area contributed by atoms with Crippen molar-refractivity contribution >= 4 is 17.3 Å². The summed E-state index contributed by atoms with van der Waals surface area (Å²) in [6, 6.07) is 18.1. The van der Waals surface area contributed by atoms with E-state index in [1.165, 1.54) is 32.1 Å². The lowest BCUT2D eigenvalue weighted by Gasteiger charge is -2.37. The Kier molecular flexibility index (Phi) is 7.92. The molecule has 1 atom stereocenters. The minimum absolute atomic E-state index is 0.299. The average molecular weight is 513 g/mol. The minimum atomic E-state index is -1.04. The Labute approximate surface area is 226 Å². The van der Waals surface area contributed by atoms with Crippen LogP contribution in [-0.4, -0.2) is 19.1 Å². The second kappa shape index (κ2) is 11.5. The van der Waals surface area contributed by atoms with Crippen molar-refractivity contribution in [2.24, 2.45) is 0 Å². The zero-order chi connectivity index (χ0) is 26.5. The zero-order valence-electron chi connectivity index (χ0n) is 23.0. The Bertz CT molecular complexity index is 1300. The molecule has 2 heterocycles. The largest absolute Gasteiger partial charge is 0.456 e. The molecule has 0 saturated carbocycles. The number of fused-ring (bicyclic) bond motifs is 6. The maximum Gasteiger partial charge on any atom is 0.340 e. The standard InChI is InChI=1S/C33H40N2O3/c1-4-6-8-9-10-13-19-35-29-22-28-30(20-23(29)3)37-31-21-24(34-18-7-5-2)16-17-27(31)33(28)26-15-12-11-14-25(26)32(36)38-33/h11-12,14-17,20-22,34-35H,4-10,13,18-19H2,1-3H3. The first-order valence-corrected chi connectivity index (χ1v) is 14.4. The van der Waals surface area contributed by atoms with Crippen molar-refractivity contribution in [1.29, 1.82) is 0 Å². The van der Waals surface area contributed by atoms with Crippen LogP contribution < -0.4 is 15.4 Å². The molecule has 1 spiro atoms. The molecule has 2 aliphatic heterocycles. The van der Waals surface area contributed by atoms with Gasteiger partial charge in [-0.15, -0.1) is 0 Å². The van der Waals surface area contributed by atoms with Crippen LogP contribution in [0.4, 0.5) is 11.4 Å². The van der Waals surface area contributed by atoms with E-state index in [4.69, 9.17) is 9.47 Å². The molecule has 38 heavy (non-hydrogen) atoms. The van der Waals surface area contributed by atoms with Crippen LogP contribution in [0.25, 0.3) is 0 Å². The lowest BCUT2D eigenvalue weighted by atomic mass is 9.77. The van der Waals surface area contributed by atoms with Crippen LogP contribution in [0.15, 0.2) is 54.6 Å². The van der Waals surface area contributed by atoms with Gasteiger partial charge in [-0.1, -0.05) is 70.6 Å². The summed E-state index contributed by atoms with van der Waals surface area (Å²) in [4.78, 5) is 13.2. The SMILES string of the molecule is CCCCCCCCNc1cc2c(cc1C)Oc1cc(NCCCC)ccc1C21OC(=O)c2ccccc21. The molecular formula is C33H40N2O3. The van der Waals surface area contributed by atoms with Crippen molar-refractivity contribution in [3.05, 3.63) is 82.4 Å². The number of carbonyl (C=O) groups excluding carboxylic acids is 1. The molecule has 3 aromatic carbocycles. The Morgan fingerprint density at radius 3 is 2.32 bits per heavy atom. The predicted octanol–water partition coefficient (Wildman–Crippen LogP) is 8.55. The average Bonchev–Trinajstić information content (AvgIpc) is 3.21. The van der Waals surface area contributed by atoms with Gasteiger partial charge in [0.25, 0.3) is 0 Å². The summed E-state index contributed by atoms with van der Waals surface area (Å²) in [5.41, 5.74) is 5.34. The van der Waals surface area contributed by atoms with Gasteiger partial charge in [0.2, 0.25) is 0 Å². The molecule has 200 valence electrons. The van der Waals surface area contributed by atoms with Gasteiger partial charge in [0.05, 0.1) is 5.56 Å². The molecular weight excluding hydrogens is 472 g/mol. The first kappa shape index (κ1) is 26.1. The van der Waals surface area contributed by atoms with E-state index >= 15 is 0 Å². The molecule has 5 heteroatoms. The number of rotatable bonds is 12. The zero-order valence-corrected chi connectivity index (χ0v) is 23.0. The second-order valence-corrected chi connectivity index (χ2v) is 10.6. The second-order valence-electron chi connectivity index (χ2n) is 10.6. The van der Waals surface area contributed by atoms with Crippen molar-refractivity contribution < 1.29 is 14.3 Å². The van der Waals surface area contributed by atoms with E-state index in [2.05, 4.69) is 49.6 Å². The van der Waals surface area contributed by atoms with E-state index in [0.29, 0.717) is 5.56 Å². The molecule has 1 unspecified atom stereocenters. The lowest BCUT2D eigenvalue weighted by Crippen LogP contribution is -2.33. The first-order valence-electron chi connectivity index (χ1n) is 14.4. The highest BCUT2D eigenvalue weighted by Gasteiger charge is 2.53. The molecule has 0 radical (unpaired) electrons. The normalized spacial score (nSPS) is 16.9. The van der Waals surface area contributed by atoms with E-state index in [1.54, 1.807) is 0 Å². The lowest BCUT2D eigenvalue weighted by molar-refractivity contribution is 0.0224. The molecule has 0 saturated heterocycles. The summed E-state index contributed by atoms with van der Waals surface area (Å²) < 4.78 is 12.9. The molecule has 2 aliphatic rings. The number of anilines is 2. The van der Waals surface area contributed by atoms with E-state index in [1.807, 2.05) is 36.4 Å². The quantitative estimate of drug-likeness (QED) is 0.188. The molecule has 0 aromatic heterocycles. The number of unbranched alkanes of at least 4 members (excludes halogenated alkanes) is 6. The minimum Gasteiger partial charge on any atom is -0.456 e. The van der Waals surface area contributed by atoms with Crippen LogP contribution in [0, 0.1) is 6.92 Å². The Morgan fingerprint density at radius 2 is 1.47 bits per heavy atom. The fraction of sp³-hybridized carbons (Fsp3) is 0.424. The van der Waals surface area contributed by atoms with Crippen LogP contribution in [-0.2, 0) is 10.3 Å². The first-order chi connectivity index (χ1) is 18.6. The van der Waals surface area contributed by atoms with Crippen molar-refractivity contribution in [2.45, 2.75) is 77.7 Å². The summed E-state index contributed by atoms with van der Waals surface area (Å²) in [6.45, 7) is 8.36. The van der Waals surface area contributed by atoms with Gasteiger partial charge in [-0.05, 0) is 55.7 Å². The molecule has 0 fully saturated rings. The van der Waals surface area contributed by atoms with Crippen LogP contribution in [0.2, 0.25) is 0 Å². The van der Waals surface area contributed by atoms with Gasteiger partial charge >= 0.3 is 5.97 Å². The fourth-order valence-electron chi connectivity index (χ4n) is 5.66. The summed E-state index contributed by atoms with van der Waals surface area (Å²) in [5, 5.41) is 7.15. The van der Waals surface area contributed by atoms with Gasteiger partial charge in [0, 0.05) is 47.2 Å². The number of aryl methyl sites for hydroxylation is 1. The fourth-order valence-corrected chi connectivity index (χ4v) is 5.66. The number of carbonyl (C=O) groups is 1. The van der Waals surface area contributed by atoms with Crippen molar-refractivity contribution in [1.82, 2.24) is 0 Å². The highest BCUT2D eigenvalue weighted by Crippen LogP contribution is 2.57. The number of hydrogen-bond acceptors (Lipinski definition) is 5. The van der Waals surface area contributed by atoms with E-state index in [-0.39, 0.29) is 5.97 Å². The van der Waals surface area contributed by atoms with Crippen LogP contribution in [0.3, 0.4) is 0 Å². The highest BCUT2D eigenvalue weighted by molar-refractivity contribution is 5.97. The molecule has 2 N–H and O–H groups in total. The maximum atomic E-state index is 13.2. The Balaban J connectivity index is 1.51. The summed E-state index contributed by atoms with van der Waals surface area (Å²) >= 11 is 0. The third-order valence-electron chi connectivity index (χ3n) is 7.76. The van der Waals surface area contributed by atoms with Gasteiger partial charge in [-0.2, -0.15) is 0 Å². The van der Waals surface area contributed by atoms with Gasteiger partial charge in [0.15, 0.2) is 5.60 Å². The van der Waals surface area contributed by atoms with Gasteiger partial charge in [-0.25, -0.2) is 4.79 Å². The monoisotopic (exact) mass is 512 g/mol. The molecule has 0 bridgehead atoms. The van der Waals surface area contributed by atoms with Crippen LogP contribution >= 0.6 is 0 Å². The third kappa shape index (κ3) is 4.87. The number of ether oxygens (including phenoxy) is 2. The van der Waals surface area contributed by atoms with E-state index in [0.717, 1.165) is 77.5 Å². The molecule has 0 aliphatic carbocycles. The van der Waals surface area contributed by atoms with Crippen molar-refractivity contribution in [2.75, 3.05) is 23.7 Å². The summed E-state index contributed by atoms with van der Waals surface area (Å²) in [5.74, 6) is 1.15. The number of benzene rings is 3. The van der Waals surface area contributed by atoms with Crippen LogP contribution in [0.5, 0.6) is 11.5 Å². The highest BCUT2D eigenvalue weighted by atomic mass is 16.6. The van der Waals surface area contributed by atoms with E-state index < -0.39 is 5.60 Å². The third-order valence-corrected chi connectivity index (χ3v) is 7.76. The summed E-state index contributed by atoms with van der Waals surface area (Å²) in [7, 11) is 0. The number of hydrogen-bond donors (Lipinski definition) is 2. The summed E-state index contributed by atoms with van der Waals surface area (Å²) in [6.07, 6.45) is 9.78. The van der Waals surface area contributed by atoms with Gasteiger partial charge in [0.1, 0.15) is 11.5 Å². The Hall–Kier alpha value is -3.47. The predicted molar refractivity (Wildman–Crippen MR) is 155 cm³/mol. The molecule has 5 nitrogen and oxygen atoms in total. The molecule has 5 rings (SSSR count). The number of esters is 1. The number of nitrogens with one attached hydrogen (secondary N) is 2.